The number of nitriles is 1. The average molecular weight is 795 g/mol. The number of Topliss-reactive ketones (excluding diaryl/α,β-unsaturated/α-hetero) is 1. The monoisotopic (exact) mass is 794 g/mol. The van der Waals surface area contributed by atoms with E-state index < -0.39 is 17.9 Å². The summed E-state index contributed by atoms with van der Waals surface area (Å²) in [6.45, 7) is 15.1. The summed E-state index contributed by atoms with van der Waals surface area (Å²) in [6.07, 6.45) is 6.37. The number of anilines is 2. The number of ether oxygens (including phenoxy) is 1. The Kier molecular flexibility index (Phi) is 11.6. The summed E-state index contributed by atoms with van der Waals surface area (Å²) in [4.78, 5) is 65.8. The van der Waals surface area contributed by atoms with E-state index in [9.17, 15) is 24.4 Å². The lowest BCUT2D eigenvalue weighted by Crippen LogP contribution is -2.66. The molecule has 0 spiro atoms. The average Bonchev–Trinajstić information content (AvgIpc) is 3.20. The summed E-state index contributed by atoms with van der Waals surface area (Å²) in [6, 6.07) is 14.0. The predicted molar refractivity (Wildman–Crippen MR) is 216 cm³/mol. The van der Waals surface area contributed by atoms with Gasteiger partial charge in [0.05, 0.1) is 22.5 Å². The van der Waals surface area contributed by atoms with E-state index in [1.54, 1.807) is 36.7 Å². The number of aromatic nitrogens is 2. The number of nitrogens with zero attached hydrogens (tertiary/aromatic N) is 6. The summed E-state index contributed by atoms with van der Waals surface area (Å²) < 4.78 is 6.41. The molecule has 3 saturated heterocycles. The molecule has 7 rings (SSSR count). The number of nitrogens with one attached hydrogen (secondary N) is 2. The van der Waals surface area contributed by atoms with Gasteiger partial charge in [-0.2, -0.15) is 5.26 Å². The summed E-state index contributed by atoms with van der Waals surface area (Å²) >= 11 is 6.26. The zero-order chi connectivity index (χ0) is 40.5. The highest BCUT2D eigenvalue weighted by Gasteiger charge is 2.63. The van der Waals surface area contributed by atoms with Crippen molar-refractivity contribution >= 4 is 46.6 Å². The maximum Gasteiger partial charge on any atom is 0.270 e. The molecule has 4 aliphatic rings. The molecule has 1 aliphatic carbocycles. The van der Waals surface area contributed by atoms with Crippen molar-refractivity contribution in [2.75, 3.05) is 55.6 Å². The minimum atomic E-state index is -0.734. The third-order valence-corrected chi connectivity index (χ3v) is 13.0. The Labute approximate surface area is 339 Å². The van der Waals surface area contributed by atoms with Crippen LogP contribution in [0.2, 0.25) is 5.02 Å². The minimum absolute atomic E-state index is 0.0848. The molecule has 13 nitrogen and oxygen atoms in total. The van der Waals surface area contributed by atoms with Gasteiger partial charge in [-0.15, -0.1) is 0 Å². The molecule has 5 heterocycles. The van der Waals surface area contributed by atoms with E-state index in [1.165, 1.54) is 0 Å². The fourth-order valence-electron chi connectivity index (χ4n) is 9.52. The lowest BCUT2D eigenvalue weighted by Gasteiger charge is -2.63. The summed E-state index contributed by atoms with van der Waals surface area (Å²) in [5, 5.41) is 14.5. The predicted octanol–water partition coefficient (Wildman–Crippen LogP) is 5.28. The highest BCUT2D eigenvalue weighted by molar-refractivity contribution is 6.31. The Morgan fingerprint density at radius 2 is 1.67 bits per heavy atom. The molecule has 1 unspecified atom stereocenters. The third kappa shape index (κ3) is 8.62. The highest BCUT2D eigenvalue weighted by Crippen LogP contribution is 2.61. The quantitative estimate of drug-likeness (QED) is 0.192. The minimum Gasteiger partial charge on any atom is -0.489 e. The van der Waals surface area contributed by atoms with Crippen molar-refractivity contribution in [3.05, 3.63) is 76.7 Å². The first-order valence-electron chi connectivity index (χ1n) is 19.9. The Balaban J connectivity index is 0.832. The molecule has 3 amide bonds. The summed E-state index contributed by atoms with van der Waals surface area (Å²) in [5.41, 5.74) is 1.73. The van der Waals surface area contributed by atoms with Crippen LogP contribution in [0.3, 0.4) is 0 Å². The SMILES string of the molecule is CC1(C)C(CC(=O)c2ccc(N3CCC(CN4CCN(c5ccc(C(=O)NC6CCC(=O)NC6=O)nc5)CC4)CC3)nc2)C(C)(C)C1Oc1ccc(C#N)c(Cl)c1. The molecular weight excluding hydrogens is 744 g/mol. The number of piperazine rings is 1. The van der Waals surface area contributed by atoms with Crippen LogP contribution in [0.15, 0.2) is 54.9 Å². The van der Waals surface area contributed by atoms with Crippen LogP contribution in [-0.4, -0.2) is 96.3 Å². The van der Waals surface area contributed by atoms with Crippen LogP contribution in [0.5, 0.6) is 5.75 Å². The van der Waals surface area contributed by atoms with Crippen LogP contribution < -0.4 is 25.2 Å². The standard InChI is InChI=1S/C43H51ClN8O5/c1-42(2)36(43(3,4)41(42)57-31-8-5-28(23-45)32(44)21-31)22-35(53)29-6-11-37(47-24-29)52-15-13-27(14-16-52)26-50-17-19-51(20-18-50)30-7-9-33(46-25-30)39(55)48-34-10-12-38(54)49-40(34)56/h5-9,11,21,24-25,27,34,36,41H,10,12-20,22,26H2,1-4H3,(H,48,55)(H,49,54,56). The van der Waals surface area contributed by atoms with Crippen LogP contribution in [0.25, 0.3) is 0 Å². The largest absolute Gasteiger partial charge is 0.489 e. The van der Waals surface area contributed by atoms with E-state index in [1.807, 2.05) is 18.2 Å². The van der Waals surface area contributed by atoms with E-state index in [4.69, 9.17) is 21.3 Å². The van der Waals surface area contributed by atoms with Gasteiger partial charge in [-0.1, -0.05) is 39.3 Å². The second-order valence-corrected chi connectivity index (χ2v) is 17.5. The first-order chi connectivity index (χ1) is 27.2. The van der Waals surface area contributed by atoms with Crippen molar-refractivity contribution < 1.29 is 23.9 Å². The van der Waals surface area contributed by atoms with E-state index >= 15 is 0 Å². The molecule has 0 bridgehead atoms. The zero-order valence-corrected chi connectivity index (χ0v) is 33.8. The molecule has 300 valence electrons. The first kappa shape index (κ1) is 40.1. The number of piperidine rings is 2. The molecule has 4 fully saturated rings. The van der Waals surface area contributed by atoms with Gasteiger partial charge in [-0.25, -0.2) is 9.97 Å². The number of amides is 3. The van der Waals surface area contributed by atoms with E-state index in [-0.39, 0.29) is 53.1 Å². The molecule has 2 N–H and O–H groups in total. The number of halogens is 1. The van der Waals surface area contributed by atoms with Crippen molar-refractivity contribution in [2.24, 2.45) is 22.7 Å². The molecular formula is C43H51ClN8O5. The van der Waals surface area contributed by atoms with Crippen LogP contribution in [-0.2, 0) is 9.59 Å². The van der Waals surface area contributed by atoms with Crippen molar-refractivity contribution in [3.8, 4) is 11.8 Å². The smallest absolute Gasteiger partial charge is 0.270 e. The molecule has 3 aromatic rings. The number of hydrogen-bond donors (Lipinski definition) is 2. The Hall–Kier alpha value is -5.06. The molecule has 57 heavy (non-hydrogen) atoms. The Morgan fingerprint density at radius 1 is 0.930 bits per heavy atom. The van der Waals surface area contributed by atoms with Crippen LogP contribution >= 0.6 is 11.6 Å². The van der Waals surface area contributed by atoms with Gasteiger partial charge in [-0.05, 0) is 67.5 Å². The first-order valence-corrected chi connectivity index (χ1v) is 20.3. The van der Waals surface area contributed by atoms with Gasteiger partial charge in [0.2, 0.25) is 11.8 Å². The molecule has 1 aromatic carbocycles. The van der Waals surface area contributed by atoms with E-state index in [0.29, 0.717) is 34.2 Å². The third-order valence-electron chi connectivity index (χ3n) is 12.6. The lowest BCUT2D eigenvalue weighted by molar-refractivity contribution is -0.196. The Bertz CT molecular complexity index is 2020. The van der Waals surface area contributed by atoms with Gasteiger partial charge in [0, 0.05) is 87.3 Å². The highest BCUT2D eigenvalue weighted by atomic mass is 35.5. The number of pyridine rings is 2. The molecule has 0 radical (unpaired) electrons. The number of imide groups is 1. The van der Waals surface area contributed by atoms with Gasteiger partial charge in [-0.3, -0.25) is 29.4 Å². The van der Waals surface area contributed by atoms with Gasteiger partial charge in [0.15, 0.2) is 5.78 Å². The topological polar surface area (TPSA) is 161 Å². The van der Waals surface area contributed by atoms with Crippen molar-refractivity contribution in [3.63, 3.8) is 0 Å². The lowest BCUT2D eigenvalue weighted by atomic mass is 9.44. The van der Waals surface area contributed by atoms with Crippen molar-refractivity contribution in [1.29, 1.82) is 5.26 Å². The van der Waals surface area contributed by atoms with E-state index in [2.05, 4.69) is 64.1 Å². The fourth-order valence-corrected chi connectivity index (χ4v) is 9.74. The van der Waals surface area contributed by atoms with Crippen LogP contribution in [0, 0.1) is 34.0 Å². The van der Waals surface area contributed by atoms with Gasteiger partial charge >= 0.3 is 0 Å². The number of rotatable bonds is 11. The fraction of sp³-hybridized carbons (Fsp3) is 0.512. The number of carbonyl (C=O) groups is 4. The number of ketones is 1. The summed E-state index contributed by atoms with van der Waals surface area (Å²) in [5.74, 6) is 1.09. The molecule has 1 atom stereocenters. The van der Waals surface area contributed by atoms with Gasteiger partial charge < -0.3 is 19.9 Å². The van der Waals surface area contributed by atoms with Crippen LogP contribution in [0.4, 0.5) is 11.5 Å². The van der Waals surface area contributed by atoms with Gasteiger partial charge in [0.25, 0.3) is 5.91 Å². The van der Waals surface area contributed by atoms with Crippen LogP contribution in [0.1, 0.15) is 86.2 Å². The second-order valence-electron chi connectivity index (χ2n) is 17.1. The molecule has 3 aliphatic heterocycles. The van der Waals surface area contributed by atoms with Crippen molar-refractivity contribution in [1.82, 2.24) is 25.5 Å². The summed E-state index contributed by atoms with van der Waals surface area (Å²) in [7, 11) is 0. The molecule has 1 saturated carbocycles. The number of hydrogen-bond acceptors (Lipinski definition) is 11. The van der Waals surface area contributed by atoms with Crippen molar-refractivity contribution in [2.45, 2.75) is 71.9 Å². The number of carbonyl (C=O) groups excluding carboxylic acids is 4. The molecule has 2 aromatic heterocycles. The normalized spacial score (nSPS) is 23.5. The van der Waals surface area contributed by atoms with Gasteiger partial charge in [0.1, 0.15) is 35.5 Å². The maximum absolute atomic E-state index is 13.6. The molecule has 14 heteroatoms. The number of benzene rings is 1. The maximum atomic E-state index is 13.6. The van der Waals surface area contributed by atoms with E-state index in [0.717, 1.165) is 70.2 Å². The zero-order valence-electron chi connectivity index (χ0n) is 33.1. The Morgan fingerprint density at radius 3 is 2.28 bits per heavy atom. The second kappa shape index (κ2) is 16.4.